The molecule has 2 rings (SSSR count). The second-order valence-electron chi connectivity index (χ2n) is 4.21. The zero-order chi connectivity index (χ0) is 12.8. The number of thiazole rings is 1. The van der Waals surface area contributed by atoms with Crippen molar-refractivity contribution in [3.05, 3.63) is 34.3 Å². The van der Waals surface area contributed by atoms with Gasteiger partial charge in [0.25, 0.3) is 0 Å². The predicted molar refractivity (Wildman–Crippen MR) is 74.6 cm³/mol. The van der Waals surface area contributed by atoms with Crippen molar-refractivity contribution < 1.29 is 0 Å². The molecular formula is C13H20N4S. The number of nitrogens with zero attached hydrogens (tertiary/aromatic N) is 3. The summed E-state index contributed by atoms with van der Waals surface area (Å²) in [5.41, 5.74) is 0. The van der Waals surface area contributed by atoms with Gasteiger partial charge in [0.2, 0.25) is 0 Å². The third-order valence-corrected chi connectivity index (χ3v) is 3.92. The minimum absolute atomic E-state index is 0.800. The van der Waals surface area contributed by atoms with Gasteiger partial charge >= 0.3 is 0 Å². The van der Waals surface area contributed by atoms with Crippen LogP contribution in [0.2, 0.25) is 0 Å². The summed E-state index contributed by atoms with van der Waals surface area (Å²) in [6, 6.07) is 0. The zero-order valence-electron chi connectivity index (χ0n) is 11.0. The van der Waals surface area contributed by atoms with Crippen LogP contribution in [0, 0.1) is 0 Å². The quantitative estimate of drug-likeness (QED) is 0.836. The number of hydrogen-bond acceptors (Lipinski definition) is 4. The number of imidazole rings is 1. The molecule has 0 aliphatic heterocycles. The van der Waals surface area contributed by atoms with Crippen molar-refractivity contribution >= 4 is 11.3 Å². The lowest BCUT2D eigenvalue weighted by atomic mass is 10.4. The van der Waals surface area contributed by atoms with Crippen LogP contribution in [0.15, 0.2) is 18.6 Å². The highest BCUT2D eigenvalue weighted by molar-refractivity contribution is 7.11. The maximum Gasteiger partial charge on any atom is 0.122 e. The SMILES string of the molecule is CCCn1ccnc1CNCc1ncc(CC)s1. The van der Waals surface area contributed by atoms with Gasteiger partial charge in [-0.2, -0.15) is 0 Å². The molecule has 0 aliphatic rings. The molecule has 2 aromatic heterocycles. The van der Waals surface area contributed by atoms with Crippen LogP contribution in [0.3, 0.4) is 0 Å². The van der Waals surface area contributed by atoms with E-state index in [-0.39, 0.29) is 0 Å². The van der Waals surface area contributed by atoms with E-state index in [9.17, 15) is 0 Å². The standard InChI is InChI=1S/C13H20N4S/c1-3-6-17-7-5-15-12(17)9-14-10-13-16-8-11(4-2)18-13/h5,7-8,14H,3-4,6,9-10H2,1-2H3. The van der Waals surface area contributed by atoms with Crippen LogP contribution in [0.25, 0.3) is 0 Å². The molecule has 98 valence electrons. The normalized spacial score (nSPS) is 11.0. The van der Waals surface area contributed by atoms with Gasteiger partial charge in [-0.1, -0.05) is 13.8 Å². The van der Waals surface area contributed by atoms with Crippen molar-refractivity contribution in [1.29, 1.82) is 0 Å². The molecular weight excluding hydrogens is 244 g/mol. The van der Waals surface area contributed by atoms with Crippen molar-refractivity contribution in [3.8, 4) is 0 Å². The van der Waals surface area contributed by atoms with Gasteiger partial charge in [0.15, 0.2) is 0 Å². The first-order valence-electron chi connectivity index (χ1n) is 6.47. The van der Waals surface area contributed by atoms with Crippen molar-refractivity contribution in [2.24, 2.45) is 0 Å². The smallest absolute Gasteiger partial charge is 0.122 e. The predicted octanol–water partition coefficient (Wildman–Crippen LogP) is 2.60. The van der Waals surface area contributed by atoms with Crippen molar-refractivity contribution in [3.63, 3.8) is 0 Å². The van der Waals surface area contributed by atoms with Crippen molar-refractivity contribution in [2.45, 2.75) is 46.3 Å². The number of hydrogen-bond donors (Lipinski definition) is 1. The van der Waals surface area contributed by atoms with Crippen molar-refractivity contribution in [2.75, 3.05) is 0 Å². The first-order valence-corrected chi connectivity index (χ1v) is 7.29. The Morgan fingerprint density at radius 1 is 1.28 bits per heavy atom. The first-order chi connectivity index (χ1) is 8.83. The van der Waals surface area contributed by atoms with E-state index in [1.807, 2.05) is 18.6 Å². The molecule has 0 aromatic carbocycles. The lowest BCUT2D eigenvalue weighted by Gasteiger charge is -2.06. The maximum absolute atomic E-state index is 4.39. The lowest BCUT2D eigenvalue weighted by molar-refractivity contribution is 0.587. The molecule has 0 amide bonds. The molecule has 2 aromatic rings. The zero-order valence-corrected chi connectivity index (χ0v) is 11.8. The van der Waals surface area contributed by atoms with E-state index in [4.69, 9.17) is 0 Å². The molecule has 0 saturated carbocycles. The maximum atomic E-state index is 4.39. The Labute approximate surface area is 112 Å². The second-order valence-corrected chi connectivity index (χ2v) is 5.41. The summed E-state index contributed by atoms with van der Waals surface area (Å²) in [5.74, 6) is 1.10. The molecule has 18 heavy (non-hydrogen) atoms. The van der Waals surface area contributed by atoms with Gasteiger partial charge in [-0.3, -0.25) is 0 Å². The van der Waals surface area contributed by atoms with Crippen LogP contribution < -0.4 is 5.32 Å². The van der Waals surface area contributed by atoms with Crippen LogP contribution in [-0.4, -0.2) is 14.5 Å². The fourth-order valence-electron chi connectivity index (χ4n) is 1.83. The summed E-state index contributed by atoms with van der Waals surface area (Å²) < 4.78 is 2.20. The van der Waals surface area contributed by atoms with Crippen LogP contribution in [0.5, 0.6) is 0 Å². The van der Waals surface area contributed by atoms with Crippen LogP contribution in [0.4, 0.5) is 0 Å². The summed E-state index contributed by atoms with van der Waals surface area (Å²) in [4.78, 5) is 10.1. The van der Waals surface area contributed by atoms with E-state index in [1.54, 1.807) is 11.3 Å². The monoisotopic (exact) mass is 264 g/mol. The average Bonchev–Trinajstić information content (AvgIpc) is 3.00. The molecule has 0 atom stereocenters. The van der Waals surface area contributed by atoms with Gasteiger partial charge < -0.3 is 9.88 Å². The van der Waals surface area contributed by atoms with Gasteiger partial charge in [0.05, 0.1) is 6.54 Å². The summed E-state index contributed by atoms with van der Waals surface area (Å²) in [6.45, 7) is 7.00. The molecule has 0 bridgehead atoms. The van der Waals surface area contributed by atoms with Crippen LogP contribution in [-0.2, 0) is 26.1 Å². The summed E-state index contributed by atoms with van der Waals surface area (Å²) in [7, 11) is 0. The number of aromatic nitrogens is 3. The Bertz CT molecular complexity index is 475. The molecule has 0 aliphatic carbocycles. The van der Waals surface area contributed by atoms with Gasteiger partial charge in [-0.05, 0) is 12.8 Å². The Kier molecular flexibility index (Phi) is 4.90. The highest BCUT2D eigenvalue weighted by atomic mass is 32.1. The molecule has 0 radical (unpaired) electrons. The second kappa shape index (κ2) is 6.66. The molecule has 4 nitrogen and oxygen atoms in total. The van der Waals surface area contributed by atoms with E-state index in [1.165, 1.54) is 4.88 Å². The molecule has 2 heterocycles. The fraction of sp³-hybridized carbons (Fsp3) is 0.538. The van der Waals surface area contributed by atoms with Gasteiger partial charge in [0.1, 0.15) is 10.8 Å². The third-order valence-electron chi connectivity index (χ3n) is 2.78. The molecule has 5 heteroatoms. The Morgan fingerprint density at radius 2 is 2.17 bits per heavy atom. The number of aryl methyl sites for hydroxylation is 2. The fourth-order valence-corrected chi connectivity index (χ4v) is 2.66. The molecule has 1 N–H and O–H groups in total. The summed E-state index contributed by atoms with van der Waals surface area (Å²) in [5, 5.41) is 4.56. The van der Waals surface area contributed by atoms with Crippen LogP contribution >= 0.6 is 11.3 Å². The molecule has 0 spiro atoms. The van der Waals surface area contributed by atoms with Crippen molar-refractivity contribution in [1.82, 2.24) is 19.9 Å². The minimum atomic E-state index is 0.800. The van der Waals surface area contributed by atoms with Gasteiger partial charge in [-0.15, -0.1) is 11.3 Å². The largest absolute Gasteiger partial charge is 0.334 e. The van der Waals surface area contributed by atoms with E-state index >= 15 is 0 Å². The Hall–Kier alpha value is -1.20. The highest BCUT2D eigenvalue weighted by Crippen LogP contribution is 2.13. The van der Waals surface area contributed by atoms with Crippen LogP contribution in [0.1, 0.15) is 36.0 Å². The lowest BCUT2D eigenvalue weighted by Crippen LogP contribution is -2.16. The average molecular weight is 264 g/mol. The van der Waals surface area contributed by atoms with E-state index in [0.717, 1.165) is 43.3 Å². The summed E-state index contributed by atoms with van der Waals surface area (Å²) >= 11 is 1.78. The number of nitrogens with one attached hydrogen (secondary N) is 1. The van der Waals surface area contributed by atoms with Gasteiger partial charge in [0, 0.05) is 36.6 Å². The summed E-state index contributed by atoms with van der Waals surface area (Å²) in [6.07, 6.45) is 8.08. The topological polar surface area (TPSA) is 42.7 Å². The van der Waals surface area contributed by atoms with E-state index in [2.05, 4.69) is 33.7 Å². The van der Waals surface area contributed by atoms with Gasteiger partial charge in [-0.25, -0.2) is 9.97 Å². The number of rotatable bonds is 7. The minimum Gasteiger partial charge on any atom is -0.334 e. The third kappa shape index (κ3) is 3.40. The molecule has 0 fully saturated rings. The molecule has 0 saturated heterocycles. The first kappa shape index (κ1) is 13.2. The van der Waals surface area contributed by atoms with E-state index < -0.39 is 0 Å². The molecule has 0 unspecified atom stereocenters. The van der Waals surface area contributed by atoms with E-state index in [0.29, 0.717) is 0 Å². The highest BCUT2D eigenvalue weighted by Gasteiger charge is 2.03. The Balaban J connectivity index is 1.82. The Morgan fingerprint density at radius 3 is 2.89 bits per heavy atom.